The van der Waals surface area contributed by atoms with Crippen molar-refractivity contribution in [3.63, 3.8) is 0 Å². The average Bonchev–Trinajstić information content (AvgIpc) is 3.43. The molecule has 2 heterocycles. The van der Waals surface area contributed by atoms with E-state index in [1.165, 1.54) is 12.1 Å². The molecule has 3 aromatic rings. The number of hydrogen-bond acceptors (Lipinski definition) is 5. The maximum absolute atomic E-state index is 13.0. The van der Waals surface area contributed by atoms with Crippen molar-refractivity contribution in [3.8, 4) is 17.1 Å². The smallest absolute Gasteiger partial charge is 0.318 e. The van der Waals surface area contributed by atoms with Gasteiger partial charge in [-0.2, -0.15) is 4.98 Å². The highest BCUT2D eigenvalue weighted by Crippen LogP contribution is 2.32. The van der Waals surface area contributed by atoms with Crippen LogP contribution in [0.15, 0.2) is 53.1 Å². The lowest BCUT2D eigenvalue weighted by molar-refractivity contribution is 0.180. The molecular weight excluding hydrogens is 375 g/mol. The van der Waals surface area contributed by atoms with Crippen LogP contribution in [-0.4, -0.2) is 34.7 Å². The van der Waals surface area contributed by atoms with Gasteiger partial charge in [0.2, 0.25) is 11.7 Å². The fourth-order valence-corrected chi connectivity index (χ4v) is 3.38. The van der Waals surface area contributed by atoms with Gasteiger partial charge < -0.3 is 19.5 Å². The number of ether oxygens (including phenoxy) is 1. The first-order valence-electron chi connectivity index (χ1n) is 9.41. The molecule has 0 saturated carbocycles. The summed E-state index contributed by atoms with van der Waals surface area (Å²) in [7, 11) is 1.61. The summed E-state index contributed by atoms with van der Waals surface area (Å²) in [5.74, 6) is 1.34. The number of methoxy groups -OCH3 is 1. The van der Waals surface area contributed by atoms with Crippen molar-refractivity contribution in [2.45, 2.75) is 25.4 Å². The van der Waals surface area contributed by atoms with Crippen LogP contribution in [0.25, 0.3) is 11.4 Å². The topological polar surface area (TPSA) is 80.5 Å². The molecule has 2 aromatic carbocycles. The van der Waals surface area contributed by atoms with Gasteiger partial charge in [0, 0.05) is 18.7 Å². The van der Waals surface area contributed by atoms with Crippen LogP contribution in [0.2, 0.25) is 0 Å². The molecule has 7 nitrogen and oxygen atoms in total. The molecule has 0 aliphatic carbocycles. The van der Waals surface area contributed by atoms with E-state index in [1.54, 1.807) is 24.1 Å². The summed E-state index contributed by atoms with van der Waals surface area (Å²) < 4.78 is 23.6. The number of carbonyl (C=O) groups is 1. The van der Waals surface area contributed by atoms with E-state index in [1.807, 2.05) is 24.3 Å². The summed E-state index contributed by atoms with van der Waals surface area (Å²) in [6, 6.07) is 12.9. The first kappa shape index (κ1) is 18.9. The highest BCUT2D eigenvalue weighted by molar-refractivity contribution is 5.75. The van der Waals surface area contributed by atoms with Gasteiger partial charge in [-0.3, -0.25) is 0 Å². The quantitative estimate of drug-likeness (QED) is 0.707. The van der Waals surface area contributed by atoms with E-state index in [2.05, 4.69) is 15.5 Å². The third kappa shape index (κ3) is 4.21. The number of benzene rings is 2. The van der Waals surface area contributed by atoms with Crippen molar-refractivity contribution < 1.29 is 18.4 Å². The number of urea groups is 1. The third-order valence-corrected chi connectivity index (χ3v) is 4.95. The Bertz CT molecular complexity index is 972. The minimum absolute atomic E-state index is 0.207. The maximum Gasteiger partial charge on any atom is 0.318 e. The maximum atomic E-state index is 13.0. The Labute approximate surface area is 167 Å². The van der Waals surface area contributed by atoms with Gasteiger partial charge >= 0.3 is 6.03 Å². The second-order valence-corrected chi connectivity index (χ2v) is 6.82. The van der Waals surface area contributed by atoms with Gasteiger partial charge in [-0.05, 0) is 54.8 Å². The first-order chi connectivity index (χ1) is 14.1. The van der Waals surface area contributed by atoms with Crippen molar-refractivity contribution >= 4 is 6.03 Å². The van der Waals surface area contributed by atoms with E-state index in [9.17, 15) is 9.18 Å². The van der Waals surface area contributed by atoms with Crippen molar-refractivity contribution in [3.05, 3.63) is 65.8 Å². The number of amides is 2. The van der Waals surface area contributed by atoms with E-state index in [4.69, 9.17) is 9.26 Å². The van der Waals surface area contributed by atoms with Crippen LogP contribution < -0.4 is 10.1 Å². The predicted molar refractivity (Wildman–Crippen MR) is 104 cm³/mol. The van der Waals surface area contributed by atoms with E-state index < -0.39 is 0 Å². The molecule has 29 heavy (non-hydrogen) atoms. The molecule has 0 unspecified atom stereocenters. The van der Waals surface area contributed by atoms with Crippen molar-refractivity contribution in [1.29, 1.82) is 0 Å². The zero-order chi connectivity index (χ0) is 20.2. The summed E-state index contributed by atoms with van der Waals surface area (Å²) in [5.41, 5.74) is 1.64. The zero-order valence-corrected chi connectivity index (χ0v) is 16.0. The molecule has 8 heteroatoms. The molecule has 4 rings (SSSR count). The van der Waals surface area contributed by atoms with Crippen molar-refractivity contribution in [2.75, 3.05) is 13.7 Å². The predicted octanol–water partition coefficient (Wildman–Crippen LogP) is 3.93. The van der Waals surface area contributed by atoms with Crippen LogP contribution >= 0.6 is 0 Å². The first-order valence-corrected chi connectivity index (χ1v) is 9.41. The fourth-order valence-electron chi connectivity index (χ4n) is 3.38. The number of halogens is 1. The summed E-state index contributed by atoms with van der Waals surface area (Å²) in [4.78, 5) is 18.9. The summed E-state index contributed by atoms with van der Waals surface area (Å²) in [6.45, 7) is 0.934. The number of likely N-dealkylation sites (tertiary alicyclic amines) is 1. The summed E-state index contributed by atoms with van der Waals surface area (Å²) in [6.07, 6.45) is 1.61. The fraction of sp³-hybridized carbons (Fsp3) is 0.286. The Morgan fingerprint density at radius 3 is 2.72 bits per heavy atom. The highest BCUT2D eigenvalue weighted by Gasteiger charge is 2.34. The molecule has 1 aliphatic heterocycles. The minimum Gasteiger partial charge on any atom is -0.497 e. The Kier molecular flexibility index (Phi) is 5.41. The van der Waals surface area contributed by atoms with Gasteiger partial charge in [0.05, 0.1) is 7.11 Å². The van der Waals surface area contributed by atoms with Crippen molar-refractivity contribution in [2.24, 2.45) is 0 Å². The van der Waals surface area contributed by atoms with Gasteiger partial charge in [-0.1, -0.05) is 17.3 Å². The zero-order valence-electron chi connectivity index (χ0n) is 16.0. The van der Waals surface area contributed by atoms with Gasteiger partial charge in [0.1, 0.15) is 17.6 Å². The molecular formula is C21H21FN4O3. The van der Waals surface area contributed by atoms with Crippen LogP contribution in [-0.2, 0) is 6.54 Å². The lowest BCUT2D eigenvalue weighted by atomic mass is 10.2. The van der Waals surface area contributed by atoms with Gasteiger partial charge in [-0.15, -0.1) is 0 Å². The molecule has 1 aliphatic rings. The Morgan fingerprint density at radius 2 is 2.00 bits per heavy atom. The molecule has 0 spiro atoms. The second kappa shape index (κ2) is 8.30. The molecule has 1 atom stereocenters. The van der Waals surface area contributed by atoms with Crippen LogP contribution in [0.1, 0.15) is 30.3 Å². The number of nitrogens with one attached hydrogen (secondary N) is 1. The molecule has 2 amide bonds. The van der Waals surface area contributed by atoms with Crippen LogP contribution in [0, 0.1) is 5.82 Å². The molecule has 150 valence electrons. The summed E-state index contributed by atoms with van der Waals surface area (Å²) in [5, 5.41) is 6.93. The number of rotatable bonds is 5. The van der Waals surface area contributed by atoms with E-state index in [0.717, 1.165) is 29.7 Å². The van der Waals surface area contributed by atoms with Gasteiger partial charge in [-0.25, -0.2) is 9.18 Å². The van der Waals surface area contributed by atoms with E-state index in [-0.39, 0.29) is 17.9 Å². The lowest BCUT2D eigenvalue weighted by Crippen LogP contribution is -2.39. The van der Waals surface area contributed by atoms with Gasteiger partial charge in [0.15, 0.2) is 0 Å². The monoisotopic (exact) mass is 396 g/mol. The Balaban J connectivity index is 1.43. The molecule has 0 bridgehead atoms. The molecule has 1 N–H and O–H groups in total. The molecule has 0 radical (unpaired) electrons. The van der Waals surface area contributed by atoms with Crippen LogP contribution in [0.4, 0.5) is 9.18 Å². The molecule has 1 fully saturated rings. The largest absolute Gasteiger partial charge is 0.497 e. The third-order valence-electron chi connectivity index (χ3n) is 4.95. The lowest BCUT2D eigenvalue weighted by Gasteiger charge is -2.22. The number of hydrogen-bond donors (Lipinski definition) is 1. The van der Waals surface area contributed by atoms with Gasteiger partial charge in [0.25, 0.3) is 0 Å². The Hall–Kier alpha value is -3.42. The normalized spacial score (nSPS) is 16.1. The number of aromatic nitrogens is 2. The van der Waals surface area contributed by atoms with Crippen LogP contribution in [0.3, 0.4) is 0 Å². The van der Waals surface area contributed by atoms with Crippen LogP contribution in [0.5, 0.6) is 5.75 Å². The minimum atomic E-state index is -0.302. The van der Waals surface area contributed by atoms with E-state index >= 15 is 0 Å². The second-order valence-electron chi connectivity index (χ2n) is 6.82. The van der Waals surface area contributed by atoms with E-state index in [0.29, 0.717) is 24.8 Å². The average molecular weight is 396 g/mol. The number of carbonyl (C=O) groups excluding carboxylic acids is 1. The summed E-state index contributed by atoms with van der Waals surface area (Å²) >= 11 is 0. The number of nitrogens with zero attached hydrogens (tertiary/aromatic N) is 3. The Morgan fingerprint density at radius 1 is 1.24 bits per heavy atom. The standard InChI is InChI=1S/C21H21FN4O3/c1-28-17-10-6-15(7-11-17)19-24-20(29-25-19)18-3-2-12-26(18)21(27)23-13-14-4-8-16(22)9-5-14/h4-11,18H,2-3,12-13H2,1H3,(H,23,27)/t18-/m0/s1. The highest BCUT2D eigenvalue weighted by atomic mass is 19.1. The molecule has 1 saturated heterocycles. The SMILES string of the molecule is COc1ccc(-c2noc([C@@H]3CCCN3C(=O)NCc3ccc(F)cc3)n2)cc1. The molecule has 1 aromatic heterocycles. The van der Waals surface area contributed by atoms with Crippen molar-refractivity contribution in [1.82, 2.24) is 20.4 Å².